The third-order valence-corrected chi connectivity index (χ3v) is 3.98. The zero-order chi connectivity index (χ0) is 20.1. The van der Waals surface area contributed by atoms with Gasteiger partial charge in [0.2, 0.25) is 5.43 Å². The minimum absolute atomic E-state index is 0.178. The number of carbonyl (C=O) groups is 2. The van der Waals surface area contributed by atoms with Crippen molar-refractivity contribution >= 4 is 22.7 Å². The molecule has 28 heavy (non-hydrogen) atoms. The molecular weight excluding hydrogens is 364 g/mol. The van der Waals surface area contributed by atoms with Crippen LogP contribution in [0.25, 0.3) is 10.9 Å². The van der Waals surface area contributed by atoms with Crippen LogP contribution in [0.5, 0.6) is 11.5 Å². The number of hydrogen-bond acceptors (Lipinski definition) is 6. The summed E-state index contributed by atoms with van der Waals surface area (Å²) >= 11 is 0. The lowest BCUT2D eigenvalue weighted by Gasteiger charge is -2.11. The van der Waals surface area contributed by atoms with Crippen LogP contribution in [-0.4, -0.2) is 35.8 Å². The number of rotatable bonds is 5. The Hall–Kier alpha value is -3.88. The Morgan fingerprint density at radius 1 is 1.04 bits per heavy atom. The highest BCUT2D eigenvalue weighted by atomic mass is 16.5. The molecule has 2 amide bonds. The minimum atomic E-state index is -0.539. The van der Waals surface area contributed by atoms with Crippen LogP contribution in [0.4, 0.5) is 0 Å². The molecule has 1 aromatic heterocycles. The summed E-state index contributed by atoms with van der Waals surface area (Å²) in [6, 6.07) is 11.5. The molecule has 3 rings (SSSR count). The van der Waals surface area contributed by atoms with Gasteiger partial charge in [-0.2, -0.15) is 5.10 Å². The summed E-state index contributed by atoms with van der Waals surface area (Å²) in [6.45, 7) is -0.178. The van der Waals surface area contributed by atoms with Gasteiger partial charge in [0, 0.05) is 17.0 Å². The van der Waals surface area contributed by atoms with Crippen LogP contribution >= 0.6 is 0 Å². The Labute approximate surface area is 159 Å². The van der Waals surface area contributed by atoms with Crippen LogP contribution in [0.3, 0.4) is 0 Å². The highest BCUT2D eigenvalue weighted by Gasteiger charge is 2.12. The van der Waals surface area contributed by atoms with Crippen molar-refractivity contribution in [3.63, 3.8) is 0 Å². The fourth-order valence-electron chi connectivity index (χ4n) is 2.60. The van der Waals surface area contributed by atoms with Crippen molar-refractivity contribution in [2.75, 3.05) is 14.2 Å². The number of ether oxygens (including phenoxy) is 2. The number of hydrazine groups is 1. The van der Waals surface area contributed by atoms with Crippen molar-refractivity contribution in [2.45, 2.75) is 6.54 Å². The minimum Gasteiger partial charge on any atom is -0.497 e. The Bertz CT molecular complexity index is 1070. The van der Waals surface area contributed by atoms with Crippen LogP contribution in [0, 0.1) is 0 Å². The van der Waals surface area contributed by atoms with Crippen LogP contribution in [0.15, 0.2) is 53.5 Å². The third kappa shape index (κ3) is 4.09. The molecule has 9 nitrogen and oxygen atoms in total. The molecule has 1 heterocycles. The second-order valence-electron chi connectivity index (χ2n) is 5.79. The standard InChI is InChI=1S/C19H18N4O5/c1-27-13-7-12(8-14(9-13)28-2)19(26)22-21-18(25)11-23-16-6-4-3-5-15(16)17(24)10-20-23/h3-10H,11H2,1-2H3,(H,21,25)(H,22,26). The van der Waals surface area contributed by atoms with E-state index < -0.39 is 11.8 Å². The summed E-state index contributed by atoms with van der Waals surface area (Å²) in [6.07, 6.45) is 1.15. The van der Waals surface area contributed by atoms with E-state index in [-0.39, 0.29) is 17.5 Å². The highest BCUT2D eigenvalue weighted by molar-refractivity contribution is 5.96. The van der Waals surface area contributed by atoms with E-state index in [9.17, 15) is 14.4 Å². The predicted octanol–water partition coefficient (Wildman–Crippen LogP) is 0.875. The van der Waals surface area contributed by atoms with E-state index in [1.165, 1.54) is 31.0 Å². The fourth-order valence-corrected chi connectivity index (χ4v) is 2.60. The average molecular weight is 382 g/mol. The van der Waals surface area contributed by atoms with Gasteiger partial charge < -0.3 is 9.47 Å². The number of amides is 2. The first kappa shape index (κ1) is 18.9. The van der Waals surface area contributed by atoms with Gasteiger partial charge in [-0.15, -0.1) is 0 Å². The molecule has 0 saturated heterocycles. The largest absolute Gasteiger partial charge is 0.497 e. The molecule has 0 spiro atoms. The maximum absolute atomic E-state index is 12.3. The van der Waals surface area contributed by atoms with Crippen LogP contribution in [0.1, 0.15) is 10.4 Å². The lowest BCUT2D eigenvalue weighted by atomic mass is 10.2. The summed E-state index contributed by atoms with van der Waals surface area (Å²) in [4.78, 5) is 36.3. The molecular formula is C19H18N4O5. The van der Waals surface area contributed by atoms with Gasteiger partial charge >= 0.3 is 0 Å². The van der Waals surface area contributed by atoms with E-state index in [1.807, 2.05) is 0 Å². The van der Waals surface area contributed by atoms with Crippen molar-refractivity contribution in [1.29, 1.82) is 0 Å². The van der Waals surface area contributed by atoms with E-state index >= 15 is 0 Å². The first-order chi connectivity index (χ1) is 13.5. The summed E-state index contributed by atoms with van der Waals surface area (Å²) < 4.78 is 11.6. The Morgan fingerprint density at radius 3 is 2.39 bits per heavy atom. The van der Waals surface area contributed by atoms with Crippen molar-refractivity contribution in [3.8, 4) is 11.5 Å². The molecule has 0 radical (unpaired) electrons. The van der Waals surface area contributed by atoms with Gasteiger partial charge in [0.1, 0.15) is 18.0 Å². The van der Waals surface area contributed by atoms with Crippen LogP contribution in [-0.2, 0) is 11.3 Å². The molecule has 0 saturated carbocycles. The fraction of sp³-hybridized carbons (Fsp3) is 0.158. The number of methoxy groups -OCH3 is 2. The maximum Gasteiger partial charge on any atom is 0.269 e. The normalized spacial score (nSPS) is 10.4. The molecule has 0 aliphatic rings. The quantitative estimate of drug-likeness (QED) is 0.634. The topological polar surface area (TPSA) is 112 Å². The van der Waals surface area contributed by atoms with Crippen molar-refractivity contribution in [1.82, 2.24) is 20.6 Å². The molecule has 0 atom stereocenters. The van der Waals surface area contributed by atoms with Gasteiger partial charge in [-0.1, -0.05) is 12.1 Å². The number of aromatic nitrogens is 2. The van der Waals surface area contributed by atoms with Crippen LogP contribution in [0.2, 0.25) is 0 Å². The average Bonchev–Trinajstić information content (AvgIpc) is 2.73. The van der Waals surface area contributed by atoms with E-state index in [2.05, 4.69) is 16.0 Å². The van der Waals surface area contributed by atoms with Gasteiger partial charge in [-0.25, -0.2) is 0 Å². The van der Waals surface area contributed by atoms with Crippen molar-refractivity contribution in [2.24, 2.45) is 0 Å². The SMILES string of the molecule is COc1cc(OC)cc(C(=O)NNC(=O)Cn2ncc(=O)c3ccccc32)c1. The lowest BCUT2D eigenvalue weighted by Crippen LogP contribution is -2.43. The Morgan fingerprint density at radius 2 is 1.71 bits per heavy atom. The first-order valence-electron chi connectivity index (χ1n) is 8.29. The number of nitrogens with one attached hydrogen (secondary N) is 2. The summed E-state index contributed by atoms with van der Waals surface area (Å²) in [5.41, 5.74) is 5.20. The number of carbonyl (C=O) groups excluding carboxylic acids is 2. The molecule has 0 aliphatic heterocycles. The molecule has 0 bridgehead atoms. The second-order valence-corrected chi connectivity index (χ2v) is 5.79. The van der Waals surface area contributed by atoms with Crippen LogP contribution < -0.4 is 25.8 Å². The molecule has 0 fully saturated rings. The zero-order valence-corrected chi connectivity index (χ0v) is 15.3. The number of benzene rings is 2. The molecule has 2 N–H and O–H groups in total. The second kappa shape index (κ2) is 8.21. The number of nitrogens with zero attached hydrogens (tertiary/aromatic N) is 2. The monoisotopic (exact) mass is 382 g/mol. The lowest BCUT2D eigenvalue weighted by molar-refractivity contribution is -0.122. The number of fused-ring (bicyclic) bond motifs is 1. The van der Waals surface area contributed by atoms with E-state index in [1.54, 1.807) is 30.3 Å². The van der Waals surface area contributed by atoms with Gasteiger partial charge in [0.15, 0.2) is 0 Å². The van der Waals surface area contributed by atoms with Gasteiger partial charge in [-0.05, 0) is 24.3 Å². The molecule has 2 aromatic carbocycles. The molecule has 3 aromatic rings. The molecule has 0 unspecified atom stereocenters. The molecule has 144 valence electrons. The van der Waals surface area contributed by atoms with E-state index in [4.69, 9.17) is 9.47 Å². The smallest absolute Gasteiger partial charge is 0.269 e. The summed E-state index contributed by atoms with van der Waals surface area (Å²) in [7, 11) is 2.94. The highest BCUT2D eigenvalue weighted by Crippen LogP contribution is 2.22. The molecule has 0 aliphatic carbocycles. The first-order valence-corrected chi connectivity index (χ1v) is 8.29. The Kier molecular flexibility index (Phi) is 5.54. The third-order valence-electron chi connectivity index (χ3n) is 3.98. The van der Waals surface area contributed by atoms with E-state index in [0.717, 1.165) is 6.20 Å². The molecule has 9 heteroatoms. The van der Waals surface area contributed by atoms with Crippen molar-refractivity contribution < 1.29 is 19.1 Å². The Balaban J connectivity index is 1.69. The van der Waals surface area contributed by atoms with Gasteiger partial charge in [0.05, 0.1) is 25.9 Å². The van der Waals surface area contributed by atoms with Gasteiger partial charge in [0.25, 0.3) is 11.8 Å². The number of hydrogen-bond donors (Lipinski definition) is 2. The van der Waals surface area contributed by atoms with E-state index in [0.29, 0.717) is 22.4 Å². The number of para-hydroxylation sites is 1. The van der Waals surface area contributed by atoms with Crippen molar-refractivity contribution in [3.05, 3.63) is 64.4 Å². The summed E-state index contributed by atoms with van der Waals surface area (Å²) in [5, 5.41) is 4.43. The van der Waals surface area contributed by atoms with Gasteiger partial charge in [-0.3, -0.25) is 29.9 Å². The zero-order valence-electron chi connectivity index (χ0n) is 15.3. The predicted molar refractivity (Wildman–Crippen MR) is 101 cm³/mol. The summed E-state index contributed by atoms with van der Waals surface area (Å²) in [5.74, 6) is -0.160. The maximum atomic E-state index is 12.3.